The lowest BCUT2D eigenvalue weighted by Crippen LogP contribution is -2.14. The molecule has 0 radical (unpaired) electrons. The van der Waals surface area contributed by atoms with E-state index in [1.807, 2.05) is 18.2 Å². The molecule has 0 unspecified atom stereocenters. The first-order chi connectivity index (χ1) is 10.2. The van der Waals surface area contributed by atoms with Crippen LogP contribution in [0.3, 0.4) is 0 Å². The summed E-state index contributed by atoms with van der Waals surface area (Å²) in [6.45, 7) is 1.18. The predicted molar refractivity (Wildman–Crippen MR) is 85.9 cm³/mol. The van der Waals surface area contributed by atoms with Gasteiger partial charge in [0.15, 0.2) is 0 Å². The van der Waals surface area contributed by atoms with Crippen LogP contribution in [0.4, 0.5) is 4.39 Å². The molecule has 3 rings (SSSR count). The molecule has 3 aromatic rings. The fraction of sp³-hybridized carbons (Fsp3) is 0.111. The first kappa shape index (κ1) is 14.1. The molecule has 0 aliphatic heterocycles. The molecule has 1 nitrogen and oxygen atoms in total. The second-order valence-electron chi connectivity index (χ2n) is 4.98. The quantitative estimate of drug-likeness (QED) is 0.721. The molecule has 0 saturated heterocycles. The van der Waals surface area contributed by atoms with E-state index < -0.39 is 0 Å². The van der Waals surface area contributed by atoms with Gasteiger partial charge in [-0.05, 0) is 28.5 Å². The standard InChI is InChI=1S/C18H15ClFN/c19-16-9-8-15(18(20)10-16)12-21-11-14-6-3-5-13-4-1-2-7-17(13)14/h1-10,21H,11-12H2. The summed E-state index contributed by atoms with van der Waals surface area (Å²) < 4.78 is 13.7. The Morgan fingerprint density at radius 1 is 0.857 bits per heavy atom. The molecule has 0 aliphatic carbocycles. The van der Waals surface area contributed by atoms with Crippen molar-refractivity contribution in [2.45, 2.75) is 13.1 Å². The summed E-state index contributed by atoms with van der Waals surface area (Å²) in [7, 11) is 0. The highest BCUT2D eigenvalue weighted by Crippen LogP contribution is 2.19. The van der Waals surface area contributed by atoms with Gasteiger partial charge in [-0.15, -0.1) is 0 Å². The number of benzene rings is 3. The molecule has 0 fully saturated rings. The first-order valence-corrected chi connectivity index (χ1v) is 7.23. The second-order valence-corrected chi connectivity index (χ2v) is 5.41. The van der Waals surface area contributed by atoms with Gasteiger partial charge in [0.05, 0.1) is 0 Å². The fourth-order valence-electron chi connectivity index (χ4n) is 2.44. The average Bonchev–Trinajstić information content (AvgIpc) is 2.50. The first-order valence-electron chi connectivity index (χ1n) is 6.85. The molecule has 0 saturated carbocycles. The number of hydrogen-bond acceptors (Lipinski definition) is 1. The molecule has 3 heteroatoms. The number of halogens is 2. The van der Waals surface area contributed by atoms with Gasteiger partial charge in [-0.1, -0.05) is 60.1 Å². The number of nitrogens with one attached hydrogen (secondary N) is 1. The molecule has 21 heavy (non-hydrogen) atoms. The molecule has 1 N–H and O–H groups in total. The summed E-state index contributed by atoms with van der Waals surface area (Å²) in [6.07, 6.45) is 0. The van der Waals surface area contributed by atoms with Gasteiger partial charge in [0, 0.05) is 23.7 Å². The Kier molecular flexibility index (Phi) is 4.18. The minimum absolute atomic E-state index is 0.270. The SMILES string of the molecule is Fc1cc(Cl)ccc1CNCc1cccc2ccccc12. The van der Waals surface area contributed by atoms with E-state index in [1.165, 1.54) is 22.4 Å². The van der Waals surface area contributed by atoms with Gasteiger partial charge in [0.25, 0.3) is 0 Å². The third-order valence-electron chi connectivity index (χ3n) is 3.53. The predicted octanol–water partition coefficient (Wildman–Crippen LogP) is 4.92. The highest BCUT2D eigenvalue weighted by atomic mass is 35.5. The van der Waals surface area contributed by atoms with Gasteiger partial charge in [-0.3, -0.25) is 0 Å². The van der Waals surface area contributed by atoms with Crippen LogP contribution in [0.5, 0.6) is 0 Å². The molecular weight excluding hydrogens is 285 g/mol. The van der Waals surface area contributed by atoms with E-state index in [0.717, 1.165) is 0 Å². The van der Waals surface area contributed by atoms with Crippen LogP contribution in [0.15, 0.2) is 60.7 Å². The van der Waals surface area contributed by atoms with Crippen molar-refractivity contribution in [2.24, 2.45) is 0 Å². The van der Waals surface area contributed by atoms with Crippen molar-refractivity contribution in [3.63, 3.8) is 0 Å². The van der Waals surface area contributed by atoms with E-state index in [2.05, 4.69) is 29.6 Å². The maximum absolute atomic E-state index is 13.7. The van der Waals surface area contributed by atoms with Crippen LogP contribution in [-0.2, 0) is 13.1 Å². The van der Waals surface area contributed by atoms with Gasteiger partial charge in [-0.25, -0.2) is 4.39 Å². The minimum atomic E-state index is -0.270. The van der Waals surface area contributed by atoms with Crippen molar-refractivity contribution in [1.82, 2.24) is 5.32 Å². The Bertz CT molecular complexity index is 765. The van der Waals surface area contributed by atoms with Gasteiger partial charge in [0.2, 0.25) is 0 Å². The molecule has 0 aromatic heterocycles. The Morgan fingerprint density at radius 3 is 2.48 bits per heavy atom. The Balaban J connectivity index is 1.72. The normalized spacial score (nSPS) is 11.0. The van der Waals surface area contributed by atoms with Crippen molar-refractivity contribution in [2.75, 3.05) is 0 Å². The molecule has 0 spiro atoms. The maximum atomic E-state index is 13.7. The third kappa shape index (κ3) is 3.23. The van der Waals surface area contributed by atoms with Gasteiger partial charge in [0.1, 0.15) is 5.82 Å². The van der Waals surface area contributed by atoms with Crippen molar-refractivity contribution >= 4 is 22.4 Å². The molecule has 0 aliphatic rings. The lowest BCUT2D eigenvalue weighted by molar-refractivity contribution is 0.588. The number of fused-ring (bicyclic) bond motifs is 1. The van der Waals surface area contributed by atoms with Gasteiger partial charge >= 0.3 is 0 Å². The van der Waals surface area contributed by atoms with E-state index in [0.29, 0.717) is 23.7 Å². The zero-order valence-electron chi connectivity index (χ0n) is 11.4. The summed E-state index contributed by atoms with van der Waals surface area (Å²) in [5, 5.41) is 6.15. The van der Waals surface area contributed by atoms with Crippen LogP contribution in [0.2, 0.25) is 5.02 Å². The van der Waals surface area contributed by atoms with Crippen molar-refractivity contribution < 1.29 is 4.39 Å². The molecular formula is C18H15ClFN. The average molecular weight is 300 g/mol. The highest BCUT2D eigenvalue weighted by molar-refractivity contribution is 6.30. The van der Waals surface area contributed by atoms with Crippen LogP contribution < -0.4 is 5.32 Å². The highest BCUT2D eigenvalue weighted by Gasteiger charge is 2.04. The van der Waals surface area contributed by atoms with Crippen molar-refractivity contribution in [1.29, 1.82) is 0 Å². The lowest BCUT2D eigenvalue weighted by atomic mass is 10.0. The summed E-state index contributed by atoms with van der Waals surface area (Å²) in [4.78, 5) is 0. The molecule has 0 amide bonds. The topological polar surface area (TPSA) is 12.0 Å². The van der Waals surface area contributed by atoms with Crippen molar-refractivity contribution in [3.8, 4) is 0 Å². The zero-order chi connectivity index (χ0) is 14.7. The maximum Gasteiger partial charge on any atom is 0.129 e. The Labute approximate surface area is 128 Å². The van der Waals surface area contributed by atoms with E-state index in [1.54, 1.807) is 12.1 Å². The zero-order valence-corrected chi connectivity index (χ0v) is 12.2. The third-order valence-corrected chi connectivity index (χ3v) is 3.76. The number of hydrogen-bond donors (Lipinski definition) is 1. The van der Waals surface area contributed by atoms with E-state index in [-0.39, 0.29) is 5.82 Å². The second kappa shape index (κ2) is 6.25. The van der Waals surface area contributed by atoms with Crippen molar-refractivity contribution in [3.05, 3.63) is 82.6 Å². The smallest absolute Gasteiger partial charge is 0.129 e. The summed E-state index contributed by atoms with van der Waals surface area (Å²) in [5.41, 5.74) is 1.84. The molecule has 0 bridgehead atoms. The fourth-order valence-corrected chi connectivity index (χ4v) is 2.60. The summed E-state index contributed by atoms with van der Waals surface area (Å²) in [5.74, 6) is -0.270. The number of rotatable bonds is 4. The Hall–Kier alpha value is -1.90. The molecule has 106 valence electrons. The van der Waals surface area contributed by atoms with Crippen LogP contribution in [0, 0.1) is 5.82 Å². The van der Waals surface area contributed by atoms with E-state index in [4.69, 9.17) is 11.6 Å². The van der Waals surface area contributed by atoms with E-state index >= 15 is 0 Å². The molecule has 0 heterocycles. The largest absolute Gasteiger partial charge is 0.308 e. The van der Waals surface area contributed by atoms with Crippen LogP contribution >= 0.6 is 11.6 Å². The molecule has 3 aromatic carbocycles. The van der Waals surface area contributed by atoms with E-state index in [9.17, 15) is 4.39 Å². The summed E-state index contributed by atoms with van der Waals surface area (Å²) >= 11 is 5.75. The molecule has 0 atom stereocenters. The minimum Gasteiger partial charge on any atom is -0.308 e. The lowest BCUT2D eigenvalue weighted by Gasteiger charge is -2.09. The van der Waals surface area contributed by atoms with Gasteiger partial charge in [-0.2, -0.15) is 0 Å². The van der Waals surface area contributed by atoms with Crippen LogP contribution in [0.1, 0.15) is 11.1 Å². The Morgan fingerprint density at radius 2 is 1.62 bits per heavy atom. The van der Waals surface area contributed by atoms with Crippen LogP contribution in [-0.4, -0.2) is 0 Å². The van der Waals surface area contributed by atoms with Crippen LogP contribution in [0.25, 0.3) is 10.8 Å². The summed E-state index contributed by atoms with van der Waals surface area (Å²) in [6, 6.07) is 19.3. The van der Waals surface area contributed by atoms with Gasteiger partial charge < -0.3 is 5.32 Å². The monoisotopic (exact) mass is 299 g/mol.